The second-order valence-corrected chi connectivity index (χ2v) is 8.34. The van der Waals surface area contributed by atoms with Gasteiger partial charge in [-0.2, -0.15) is 0 Å². The van der Waals surface area contributed by atoms with E-state index in [1.54, 1.807) is 48.5 Å². The van der Waals surface area contributed by atoms with Gasteiger partial charge in [-0.25, -0.2) is 4.79 Å². The molecule has 0 fully saturated rings. The van der Waals surface area contributed by atoms with Crippen LogP contribution in [0.4, 0.5) is 0 Å². The summed E-state index contributed by atoms with van der Waals surface area (Å²) in [6.45, 7) is 3.90. The summed E-state index contributed by atoms with van der Waals surface area (Å²) in [6, 6.07) is 16.2. The average molecular weight is 453 g/mol. The molecule has 0 saturated carbocycles. The molecule has 2 N–H and O–H groups in total. The van der Waals surface area contributed by atoms with Gasteiger partial charge in [-0.1, -0.05) is 62.4 Å². The number of hydrogen-bond acceptors (Lipinski definition) is 5. The number of ketones is 1. The standard InChI is InChI=1S/C26H32N2O5/c1-18(2)16-22(26(32)33-3)28-24(30)15-14-21(17-23(29)19-10-6-4-7-11-19)27-25(31)20-12-8-5-9-13-20/h4-13,18,21-22H,14-17H2,1-3H3,(H,27,31)(H,28,30)/t21?,22-/m0/s1. The van der Waals surface area contributed by atoms with Crippen LogP contribution >= 0.6 is 0 Å². The molecule has 0 radical (unpaired) electrons. The van der Waals surface area contributed by atoms with E-state index in [1.807, 2.05) is 26.0 Å². The van der Waals surface area contributed by atoms with Gasteiger partial charge in [0.1, 0.15) is 6.04 Å². The number of carbonyl (C=O) groups is 4. The van der Waals surface area contributed by atoms with Crippen molar-refractivity contribution in [3.05, 3.63) is 71.8 Å². The Hall–Kier alpha value is -3.48. The minimum absolute atomic E-state index is 0.0490. The number of Topliss-reactive ketones (excluding diaryl/α,β-unsaturated/α-hetero) is 1. The van der Waals surface area contributed by atoms with Crippen LogP contribution in [0.2, 0.25) is 0 Å². The summed E-state index contributed by atoms with van der Waals surface area (Å²) >= 11 is 0. The molecule has 0 aliphatic heterocycles. The summed E-state index contributed by atoms with van der Waals surface area (Å²) in [5, 5.41) is 5.59. The summed E-state index contributed by atoms with van der Waals surface area (Å²) in [6.07, 6.45) is 0.813. The van der Waals surface area contributed by atoms with E-state index in [9.17, 15) is 19.2 Å². The van der Waals surface area contributed by atoms with Gasteiger partial charge in [0.05, 0.1) is 7.11 Å². The first kappa shape index (κ1) is 25.8. The Bertz CT molecular complexity index is 875. The number of carbonyl (C=O) groups excluding carboxylic acids is 4. The largest absolute Gasteiger partial charge is 0.467 e. The minimum Gasteiger partial charge on any atom is -0.467 e. The van der Waals surface area contributed by atoms with Gasteiger partial charge in [-0.15, -0.1) is 0 Å². The van der Waals surface area contributed by atoms with Crippen molar-refractivity contribution < 1.29 is 23.9 Å². The number of nitrogens with one attached hydrogen (secondary N) is 2. The summed E-state index contributed by atoms with van der Waals surface area (Å²) in [5.41, 5.74) is 1.02. The van der Waals surface area contributed by atoms with Crippen molar-refractivity contribution in [2.45, 2.75) is 51.6 Å². The van der Waals surface area contributed by atoms with Crippen molar-refractivity contribution in [2.24, 2.45) is 5.92 Å². The zero-order valence-electron chi connectivity index (χ0n) is 19.4. The van der Waals surface area contributed by atoms with E-state index < -0.39 is 18.1 Å². The first-order valence-corrected chi connectivity index (χ1v) is 11.1. The lowest BCUT2D eigenvalue weighted by atomic mass is 9.99. The van der Waals surface area contributed by atoms with Crippen molar-refractivity contribution >= 4 is 23.6 Å². The van der Waals surface area contributed by atoms with E-state index in [2.05, 4.69) is 10.6 Å². The highest BCUT2D eigenvalue weighted by atomic mass is 16.5. The predicted octanol–water partition coefficient (Wildman–Crippen LogP) is 3.54. The maximum Gasteiger partial charge on any atom is 0.328 e. The van der Waals surface area contributed by atoms with E-state index in [0.29, 0.717) is 17.5 Å². The molecule has 0 aromatic heterocycles. The second kappa shape index (κ2) is 13.2. The van der Waals surface area contributed by atoms with Gasteiger partial charge in [-0.05, 0) is 30.9 Å². The molecule has 1 unspecified atom stereocenters. The van der Waals surface area contributed by atoms with Crippen molar-refractivity contribution in [3.63, 3.8) is 0 Å². The maximum absolute atomic E-state index is 12.7. The van der Waals surface area contributed by atoms with E-state index >= 15 is 0 Å². The molecule has 2 amide bonds. The van der Waals surface area contributed by atoms with E-state index in [-0.39, 0.29) is 42.8 Å². The van der Waals surface area contributed by atoms with Crippen molar-refractivity contribution in [1.29, 1.82) is 0 Å². The zero-order chi connectivity index (χ0) is 24.2. The van der Waals surface area contributed by atoms with Gasteiger partial charge < -0.3 is 15.4 Å². The molecule has 0 aliphatic rings. The fourth-order valence-electron chi connectivity index (χ4n) is 3.45. The highest BCUT2D eigenvalue weighted by molar-refractivity contribution is 5.98. The van der Waals surface area contributed by atoms with Gasteiger partial charge in [0, 0.05) is 30.0 Å². The third kappa shape index (κ3) is 8.88. The van der Waals surface area contributed by atoms with Crippen LogP contribution in [0.25, 0.3) is 0 Å². The zero-order valence-corrected chi connectivity index (χ0v) is 19.4. The van der Waals surface area contributed by atoms with Crippen LogP contribution in [-0.2, 0) is 14.3 Å². The predicted molar refractivity (Wildman–Crippen MR) is 126 cm³/mol. The molecule has 0 saturated heterocycles. The molecule has 2 rings (SSSR count). The highest BCUT2D eigenvalue weighted by Crippen LogP contribution is 2.12. The van der Waals surface area contributed by atoms with Gasteiger partial charge in [0.2, 0.25) is 5.91 Å². The van der Waals surface area contributed by atoms with Crippen LogP contribution in [0.1, 0.15) is 60.2 Å². The monoisotopic (exact) mass is 452 g/mol. The Morgan fingerprint density at radius 2 is 1.42 bits per heavy atom. The summed E-state index contributed by atoms with van der Waals surface area (Å²) < 4.78 is 4.79. The van der Waals surface area contributed by atoms with E-state index in [1.165, 1.54) is 7.11 Å². The normalized spacial score (nSPS) is 12.5. The lowest BCUT2D eigenvalue weighted by molar-refractivity contribution is -0.145. The average Bonchev–Trinajstić information content (AvgIpc) is 2.82. The minimum atomic E-state index is -0.731. The molecule has 2 atom stereocenters. The fraction of sp³-hybridized carbons (Fsp3) is 0.385. The Labute approximate surface area is 194 Å². The molecule has 7 heteroatoms. The van der Waals surface area contributed by atoms with Crippen LogP contribution in [0, 0.1) is 5.92 Å². The van der Waals surface area contributed by atoms with E-state index in [4.69, 9.17) is 4.74 Å². The molecule has 33 heavy (non-hydrogen) atoms. The molecule has 2 aromatic carbocycles. The number of ether oxygens (including phenoxy) is 1. The summed E-state index contributed by atoms with van der Waals surface area (Å²) in [5.74, 6) is -1.08. The van der Waals surface area contributed by atoms with Gasteiger partial charge in [0.15, 0.2) is 5.78 Å². The van der Waals surface area contributed by atoms with Gasteiger partial charge >= 0.3 is 5.97 Å². The van der Waals surface area contributed by atoms with Crippen LogP contribution in [0.5, 0.6) is 0 Å². The third-order valence-electron chi connectivity index (χ3n) is 5.15. The van der Waals surface area contributed by atoms with Crippen molar-refractivity contribution in [1.82, 2.24) is 10.6 Å². The van der Waals surface area contributed by atoms with E-state index in [0.717, 1.165) is 0 Å². The van der Waals surface area contributed by atoms with Crippen molar-refractivity contribution in [2.75, 3.05) is 7.11 Å². The molecular formula is C26H32N2O5. The number of methoxy groups -OCH3 is 1. The first-order chi connectivity index (χ1) is 15.8. The molecule has 0 aliphatic carbocycles. The number of esters is 1. The Balaban J connectivity index is 2.05. The SMILES string of the molecule is COC(=O)[C@H](CC(C)C)NC(=O)CCC(CC(=O)c1ccccc1)NC(=O)c1ccccc1. The van der Waals surface area contributed by atoms with Crippen molar-refractivity contribution in [3.8, 4) is 0 Å². The van der Waals surface area contributed by atoms with Crippen LogP contribution in [-0.4, -0.2) is 42.8 Å². The summed E-state index contributed by atoms with van der Waals surface area (Å²) in [7, 11) is 1.28. The molecular weight excluding hydrogens is 420 g/mol. The number of benzene rings is 2. The lowest BCUT2D eigenvalue weighted by Crippen LogP contribution is -2.43. The Kier molecular flexibility index (Phi) is 10.3. The number of amides is 2. The maximum atomic E-state index is 12.7. The number of hydrogen-bond donors (Lipinski definition) is 2. The molecule has 0 heterocycles. The second-order valence-electron chi connectivity index (χ2n) is 8.34. The highest BCUT2D eigenvalue weighted by Gasteiger charge is 2.24. The first-order valence-electron chi connectivity index (χ1n) is 11.1. The molecule has 2 aromatic rings. The molecule has 7 nitrogen and oxygen atoms in total. The topological polar surface area (TPSA) is 102 Å². The molecule has 0 bridgehead atoms. The molecule has 0 spiro atoms. The lowest BCUT2D eigenvalue weighted by Gasteiger charge is -2.21. The smallest absolute Gasteiger partial charge is 0.328 e. The number of rotatable bonds is 12. The molecule has 176 valence electrons. The Morgan fingerprint density at radius 1 is 0.848 bits per heavy atom. The van der Waals surface area contributed by atoms with Crippen LogP contribution in [0.15, 0.2) is 60.7 Å². The third-order valence-corrected chi connectivity index (χ3v) is 5.15. The van der Waals surface area contributed by atoms with Crippen LogP contribution < -0.4 is 10.6 Å². The van der Waals surface area contributed by atoms with Crippen LogP contribution in [0.3, 0.4) is 0 Å². The summed E-state index contributed by atoms with van der Waals surface area (Å²) in [4.78, 5) is 49.9. The van der Waals surface area contributed by atoms with Gasteiger partial charge in [-0.3, -0.25) is 14.4 Å². The van der Waals surface area contributed by atoms with Gasteiger partial charge in [0.25, 0.3) is 5.91 Å². The fourth-order valence-corrected chi connectivity index (χ4v) is 3.45. The quantitative estimate of drug-likeness (QED) is 0.379. The Morgan fingerprint density at radius 3 is 1.97 bits per heavy atom.